The molecule has 2 bridgehead atoms. The first-order chi connectivity index (χ1) is 26.0. The van der Waals surface area contributed by atoms with Crippen molar-refractivity contribution in [1.82, 2.24) is 0 Å². The molecule has 0 N–H and O–H groups in total. The van der Waals surface area contributed by atoms with Crippen LogP contribution in [0.4, 0.5) is 17.1 Å². The summed E-state index contributed by atoms with van der Waals surface area (Å²) in [7, 11) is 0. The fourth-order valence-electron chi connectivity index (χ4n) is 11.3. The molecular formula is C52H51N. The van der Waals surface area contributed by atoms with Gasteiger partial charge >= 0.3 is 0 Å². The van der Waals surface area contributed by atoms with Crippen LogP contribution in [-0.2, 0) is 10.8 Å². The summed E-state index contributed by atoms with van der Waals surface area (Å²) in [4.78, 5) is 2.52. The molecule has 3 unspecified atom stereocenters. The van der Waals surface area contributed by atoms with Crippen LogP contribution >= 0.6 is 0 Å². The highest BCUT2D eigenvalue weighted by atomic mass is 15.1. The molecule has 0 radical (unpaired) electrons. The molecule has 10 rings (SSSR count). The quantitative estimate of drug-likeness (QED) is 0.161. The summed E-state index contributed by atoms with van der Waals surface area (Å²) in [5.41, 5.74) is 16.3. The predicted octanol–water partition coefficient (Wildman–Crippen LogP) is 14.3. The monoisotopic (exact) mass is 689 g/mol. The number of benzene rings is 6. The lowest BCUT2D eigenvalue weighted by molar-refractivity contribution is 0.346. The number of hydrogen-bond donors (Lipinski definition) is 0. The van der Waals surface area contributed by atoms with Gasteiger partial charge in [0.25, 0.3) is 0 Å². The lowest BCUT2D eigenvalue weighted by atomic mass is 9.65. The van der Waals surface area contributed by atoms with E-state index in [2.05, 4.69) is 164 Å². The minimum absolute atomic E-state index is 0.0883. The zero-order chi connectivity index (χ0) is 35.6. The number of anilines is 3. The van der Waals surface area contributed by atoms with Gasteiger partial charge in [-0.1, -0.05) is 149 Å². The molecule has 6 aromatic rings. The molecule has 0 amide bonds. The third-order valence-corrected chi connectivity index (χ3v) is 14.1. The highest BCUT2D eigenvalue weighted by Gasteiger charge is 2.41. The van der Waals surface area contributed by atoms with Crippen LogP contribution in [0.25, 0.3) is 22.3 Å². The first-order valence-corrected chi connectivity index (χ1v) is 20.4. The fraction of sp³-hybridized carbons (Fsp3) is 0.308. The average Bonchev–Trinajstić information content (AvgIpc) is 3.92. The lowest BCUT2D eigenvalue weighted by Gasteiger charge is -2.39. The zero-order valence-electron chi connectivity index (χ0n) is 31.4. The summed E-state index contributed by atoms with van der Waals surface area (Å²) >= 11 is 0. The maximum absolute atomic E-state index is 2.52. The van der Waals surface area contributed by atoms with Crippen molar-refractivity contribution in [2.45, 2.75) is 88.4 Å². The SMILES string of the molecule is CC1(C)c2cc(N(c3ccc(C4CC5CCC4C5)cc3)c3ccc(C4(c5ccccc5)CCCCC4)cc3)ccc2-c2c(-c3ccccc3)cccc21. The van der Waals surface area contributed by atoms with Crippen molar-refractivity contribution in [1.29, 1.82) is 0 Å². The van der Waals surface area contributed by atoms with Crippen LogP contribution in [0.3, 0.4) is 0 Å². The van der Waals surface area contributed by atoms with Gasteiger partial charge in [-0.25, -0.2) is 0 Å². The molecular weight excluding hydrogens is 639 g/mol. The van der Waals surface area contributed by atoms with Crippen LogP contribution in [0.2, 0.25) is 0 Å². The summed E-state index contributed by atoms with van der Waals surface area (Å²) in [6.07, 6.45) is 12.0. The molecule has 0 aliphatic heterocycles. The largest absolute Gasteiger partial charge is 0.310 e. The van der Waals surface area contributed by atoms with Crippen molar-refractivity contribution >= 4 is 17.1 Å². The van der Waals surface area contributed by atoms with E-state index in [1.54, 1.807) is 0 Å². The molecule has 1 heteroatoms. The molecule has 0 spiro atoms. The minimum Gasteiger partial charge on any atom is -0.310 e. The zero-order valence-corrected chi connectivity index (χ0v) is 31.4. The number of hydrogen-bond acceptors (Lipinski definition) is 1. The van der Waals surface area contributed by atoms with Gasteiger partial charge in [-0.15, -0.1) is 0 Å². The number of rotatable bonds is 7. The second kappa shape index (κ2) is 12.9. The van der Waals surface area contributed by atoms with E-state index in [1.165, 1.54) is 125 Å². The van der Waals surface area contributed by atoms with Gasteiger partial charge in [-0.05, 0) is 136 Å². The second-order valence-corrected chi connectivity index (χ2v) is 17.2. The van der Waals surface area contributed by atoms with E-state index in [4.69, 9.17) is 0 Å². The van der Waals surface area contributed by atoms with Crippen LogP contribution in [0, 0.1) is 11.8 Å². The van der Waals surface area contributed by atoms with Crippen LogP contribution in [0.1, 0.15) is 105 Å². The van der Waals surface area contributed by atoms with Gasteiger partial charge in [0, 0.05) is 27.9 Å². The molecule has 0 aromatic heterocycles. The highest BCUT2D eigenvalue weighted by molar-refractivity contribution is 5.94. The van der Waals surface area contributed by atoms with Crippen molar-refractivity contribution in [2.75, 3.05) is 4.90 Å². The predicted molar refractivity (Wildman–Crippen MR) is 223 cm³/mol. The third-order valence-electron chi connectivity index (χ3n) is 14.1. The lowest BCUT2D eigenvalue weighted by Crippen LogP contribution is -2.30. The van der Waals surface area contributed by atoms with E-state index in [0.29, 0.717) is 0 Å². The van der Waals surface area contributed by atoms with Crippen LogP contribution in [0.5, 0.6) is 0 Å². The molecule has 3 atom stereocenters. The topological polar surface area (TPSA) is 3.24 Å². The minimum atomic E-state index is -0.115. The first kappa shape index (κ1) is 32.7. The molecule has 3 saturated carbocycles. The Bertz CT molecular complexity index is 2240. The van der Waals surface area contributed by atoms with Gasteiger partial charge in [-0.2, -0.15) is 0 Å². The Morgan fingerprint density at radius 2 is 1.19 bits per heavy atom. The Morgan fingerprint density at radius 3 is 1.87 bits per heavy atom. The third kappa shape index (κ3) is 5.41. The Kier molecular flexibility index (Phi) is 7.97. The van der Waals surface area contributed by atoms with E-state index < -0.39 is 0 Å². The Balaban J connectivity index is 1.08. The Labute approximate surface area is 316 Å². The van der Waals surface area contributed by atoms with Crippen molar-refractivity contribution in [3.05, 3.63) is 173 Å². The number of nitrogens with zero attached hydrogens (tertiary/aromatic N) is 1. The van der Waals surface area contributed by atoms with Crippen molar-refractivity contribution in [3.8, 4) is 22.3 Å². The summed E-state index contributed by atoms with van der Waals surface area (Å²) < 4.78 is 0. The van der Waals surface area contributed by atoms with Crippen molar-refractivity contribution < 1.29 is 0 Å². The molecule has 1 nitrogen and oxygen atoms in total. The van der Waals surface area contributed by atoms with Gasteiger partial charge < -0.3 is 4.90 Å². The van der Waals surface area contributed by atoms with E-state index >= 15 is 0 Å². The fourth-order valence-corrected chi connectivity index (χ4v) is 11.3. The second-order valence-electron chi connectivity index (χ2n) is 17.2. The maximum atomic E-state index is 2.52. The van der Waals surface area contributed by atoms with Gasteiger partial charge in [0.2, 0.25) is 0 Å². The highest BCUT2D eigenvalue weighted by Crippen LogP contribution is 2.55. The standard InChI is InChI=1S/C52H51N/c1-51(2)48-18-12-17-45(37-13-6-3-7-14-37)50(48)46-30-29-44(35-49(46)51)53(42-25-21-38(22-26-42)47-34-36-19-20-39(47)33-36)43-27-23-41(24-28-43)52(31-10-5-11-32-52)40-15-8-4-9-16-40/h3-4,6-9,12-18,21-30,35-36,39,47H,5,10-11,19-20,31-34H2,1-2H3. The Hall–Kier alpha value is -4.88. The maximum Gasteiger partial charge on any atom is 0.0465 e. The normalized spacial score (nSPS) is 22.0. The van der Waals surface area contributed by atoms with Gasteiger partial charge in [0.15, 0.2) is 0 Å². The Morgan fingerprint density at radius 1 is 0.528 bits per heavy atom. The van der Waals surface area contributed by atoms with E-state index in [-0.39, 0.29) is 10.8 Å². The molecule has 4 aliphatic rings. The van der Waals surface area contributed by atoms with Crippen LogP contribution in [0.15, 0.2) is 146 Å². The van der Waals surface area contributed by atoms with Crippen LogP contribution in [-0.4, -0.2) is 0 Å². The molecule has 0 heterocycles. The van der Waals surface area contributed by atoms with Crippen LogP contribution < -0.4 is 4.90 Å². The molecule has 53 heavy (non-hydrogen) atoms. The molecule has 0 saturated heterocycles. The van der Waals surface area contributed by atoms with Gasteiger partial charge in [0.1, 0.15) is 0 Å². The van der Waals surface area contributed by atoms with Crippen molar-refractivity contribution in [3.63, 3.8) is 0 Å². The molecule has 4 aliphatic carbocycles. The molecule has 3 fully saturated rings. The molecule has 6 aromatic carbocycles. The number of fused-ring (bicyclic) bond motifs is 5. The van der Waals surface area contributed by atoms with E-state index in [9.17, 15) is 0 Å². The summed E-state index contributed by atoms with van der Waals surface area (Å²) in [6, 6.07) is 55.8. The first-order valence-electron chi connectivity index (χ1n) is 20.4. The van der Waals surface area contributed by atoms with Crippen molar-refractivity contribution in [2.24, 2.45) is 11.8 Å². The van der Waals surface area contributed by atoms with E-state index in [0.717, 1.165) is 17.8 Å². The average molecular weight is 690 g/mol. The van der Waals surface area contributed by atoms with Gasteiger partial charge in [0.05, 0.1) is 0 Å². The smallest absolute Gasteiger partial charge is 0.0465 e. The van der Waals surface area contributed by atoms with Gasteiger partial charge in [-0.3, -0.25) is 0 Å². The molecule has 264 valence electrons. The summed E-state index contributed by atoms with van der Waals surface area (Å²) in [5.74, 6) is 2.57. The van der Waals surface area contributed by atoms with E-state index in [1.807, 2.05) is 0 Å². The summed E-state index contributed by atoms with van der Waals surface area (Å²) in [6.45, 7) is 4.82. The summed E-state index contributed by atoms with van der Waals surface area (Å²) in [5, 5.41) is 0.